The molecule has 6 heteroatoms. The molecular weight excluding hydrogens is 204 g/mol. The molecule has 1 aliphatic rings. The molecule has 0 unspecified atom stereocenters. The van der Waals surface area contributed by atoms with Crippen molar-refractivity contribution in [3.8, 4) is 0 Å². The molecule has 1 fully saturated rings. The van der Waals surface area contributed by atoms with E-state index in [0.29, 0.717) is 0 Å². The predicted octanol–water partition coefficient (Wildman–Crippen LogP) is -0.385. The molecule has 0 spiro atoms. The standard InChI is InChI=1S/C9H17F2N3O/c1-13(6-8(10)11)9(15)7-14-4-2-12-3-5-14/h8,12H,2-7H2,1H3. The van der Waals surface area contributed by atoms with Crippen molar-refractivity contribution in [2.45, 2.75) is 6.43 Å². The number of amides is 1. The minimum atomic E-state index is -2.46. The fourth-order valence-electron chi connectivity index (χ4n) is 1.49. The molecule has 0 aliphatic carbocycles. The van der Waals surface area contributed by atoms with E-state index in [1.807, 2.05) is 4.90 Å². The van der Waals surface area contributed by atoms with Crippen LogP contribution in [0.3, 0.4) is 0 Å². The first-order valence-corrected chi connectivity index (χ1v) is 5.05. The minimum absolute atomic E-state index is 0.239. The summed E-state index contributed by atoms with van der Waals surface area (Å²) in [5.74, 6) is -0.239. The number of halogens is 2. The molecule has 1 aliphatic heterocycles. The van der Waals surface area contributed by atoms with Crippen LogP contribution < -0.4 is 5.32 Å². The lowest BCUT2D eigenvalue weighted by Crippen LogP contribution is -2.48. The summed E-state index contributed by atoms with van der Waals surface area (Å²) >= 11 is 0. The molecule has 1 heterocycles. The van der Waals surface area contributed by atoms with E-state index in [1.165, 1.54) is 7.05 Å². The summed E-state index contributed by atoms with van der Waals surface area (Å²) in [5, 5.41) is 3.16. The third kappa shape index (κ3) is 4.53. The molecule has 0 aromatic heterocycles. The van der Waals surface area contributed by atoms with Crippen LogP contribution in [0, 0.1) is 0 Å². The monoisotopic (exact) mass is 221 g/mol. The van der Waals surface area contributed by atoms with Crippen LogP contribution in [0.1, 0.15) is 0 Å². The van der Waals surface area contributed by atoms with Crippen molar-refractivity contribution in [2.75, 3.05) is 46.3 Å². The maximum Gasteiger partial charge on any atom is 0.255 e. The summed E-state index contributed by atoms with van der Waals surface area (Å²) in [5.41, 5.74) is 0. The van der Waals surface area contributed by atoms with Crippen molar-refractivity contribution in [1.82, 2.24) is 15.1 Å². The van der Waals surface area contributed by atoms with E-state index in [9.17, 15) is 13.6 Å². The van der Waals surface area contributed by atoms with E-state index in [0.717, 1.165) is 31.1 Å². The molecule has 4 nitrogen and oxygen atoms in total. The number of carbonyl (C=O) groups is 1. The van der Waals surface area contributed by atoms with Crippen molar-refractivity contribution in [3.63, 3.8) is 0 Å². The Morgan fingerprint density at radius 1 is 1.47 bits per heavy atom. The average Bonchev–Trinajstić information content (AvgIpc) is 2.18. The van der Waals surface area contributed by atoms with Gasteiger partial charge in [0.2, 0.25) is 5.91 Å². The molecule has 0 aromatic rings. The molecule has 0 radical (unpaired) electrons. The Morgan fingerprint density at radius 3 is 2.60 bits per heavy atom. The highest BCUT2D eigenvalue weighted by atomic mass is 19.3. The maximum absolute atomic E-state index is 12.0. The summed E-state index contributed by atoms with van der Waals surface area (Å²) in [4.78, 5) is 14.5. The van der Waals surface area contributed by atoms with Crippen LogP contribution >= 0.6 is 0 Å². The van der Waals surface area contributed by atoms with Gasteiger partial charge in [0.15, 0.2) is 0 Å². The van der Waals surface area contributed by atoms with Crippen LogP contribution in [0.2, 0.25) is 0 Å². The third-order valence-corrected chi connectivity index (χ3v) is 2.41. The Kier molecular flexibility index (Phi) is 4.90. The Bertz CT molecular complexity index is 208. The van der Waals surface area contributed by atoms with Gasteiger partial charge >= 0.3 is 0 Å². The van der Waals surface area contributed by atoms with Gasteiger partial charge in [-0.1, -0.05) is 0 Å². The molecule has 1 amide bonds. The molecule has 15 heavy (non-hydrogen) atoms. The van der Waals surface area contributed by atoms with E-state index in [4.69, 9.17) is 0 Å². The fourth-order valence-corrected chi connectivity index (χ4v) is 1.49. The molecule has 1 saturated heterocycles. The van der Waals surface area contributed by atoms with Crippen molar-refractivity contribution < 1.29 is 13.6 Å². The summed E-state index contributed by atoms with van der Waals surface area (Å²) in [6.45, 7) is 3.07. The number of nitrogens with zero attached hydrogens (tertiary/aromatic N) is 2. The van der Waals surface area contributed by atoms with Gasteiger partial charge in [0, 0.05) is 33.2 Å². The van der Waals surface area contributed by atoms with Gasteiger partial charge < -0.3 is 10.2 Å². The Morgan fingerprint density at radius 2 is 2.07 bits per heavy atom. The normalized spacial score (nSPS) is 18.1. The van der Waals surface area contributed by atoms with E-state index in [2.05, 4.69) is 5.32 Å². The third-order valence-electron chi connectivity index (χ3n) is 2.41. The Balaban J connectivity index is 2.27. The van der Waals surface area contributed by atoms with E-state index >= 15 is 0 Å². The number of likely N-dealkylation sites (N-methyl/N-ethyl adjacent to an activating group) is 1. The lowest BCUT2D eigenvalue weighted by Gasteiger charge is -2.28. The van der Waals surface area contributed by atoms with Crippen LogP contribution in [-0.4, -0.2) is 68.4 Å². The molecular formula is C9H17F2N3O. The van der Waals surface area contributed by atoms with Gasteiger partial charge in [-0.15, -0.1) is 0 Å². The lowest BCUT2D eigenvalue weighted by molar-refractivity contribution is -0.132. The lowest BCUT2D eigenvalue weighted by atomic mass is 10.3. The summed E-state index contributed by atoms with van der Waals surface area (Å²) in [7, 11) is 1.41. The second-order valence-corrected chi connectivity index (χ2v) is 3.69. The van der Waals surface area contributed by atoms with Gasteiger partial charge in [0.1, 0.15) is 0 Å². The molecule has 0 aromatic carbocycles. The minimum Gasteiger partial charge on any atom is -0.339 e. The van der Waals surface area contributed by atoms with Crippen molar-refractivity contribution in [3.05, 3.63) is 0 Å². The highest BCUT2D eigenvalue weighted by molar-refractivity contribution is 5.78. The second kappa shape index (κ2) is 5.97. The zero-order valence-electron chi connectivity index (χ0n) is 8.88. The first-order chi connectivity index (χ1) is 7.09. The van der Waals surface area contributed by atoms with Gasteiger partial charge in [-0.3, -0.25) is 9.69 Å². The molecule has 0 atom stereocenters. The van der Waals surface area contributed by atoms with Crippen molar-refractivity contribution in [2.24, 2.45) is 0 Å². The van der Waals surface area contributed by atoms with Gasteiger partial charge in [-0.05, 0) is 0 Å². The van der Waals surface area contributed by atoms with Crippen LogP contribution in [-0.2, 0) is 4.79 Å². The van der Waals surface area contributed by atoms with E-state index in [-0.39, 0.29) is 12.5 Å². The maximum atomic E-state index is 12.0. The van der Waals surface area contributed by atoms with Crippen molar-refractivity contribution in [1.29, 1.82) is 0 Å². The van der Waals surface area contributed by atoms with E-state index in [1.54, 1.807) is 0 Å². The summed E-state index contributed by atoms with van der Waals surface area (Å²) in [6, 6.07) is 0. The average molecular weight is 221 g/mol. The van der Waals surface area contributed by atoms with Crippen molar-refractivity contribution >= 4 is 5.91 Å². The second-order valence-electron chi connectivity index (χ2n) is 3.69. The molecule has 1 rings (SSSR count). The zero-order chi connectivity index (χ0) is 11.3. The SMILES string of the molecule is CN(CC(F)F)C(=O)CN1CCNCC1. The highest BCUT2D eigenvalue weighted by Crippen LogP contribution is 1.98. The predicted molar refractivity (Wildman–Crippen MR) is 53.0 cm³/mol. The van der Waals surface area contributed by atoms with Gasteiger partial charge in [0.25, 0.3) is 6.43 Å². The van der Waals surface area contributed by atoms with Crippen LogP contribution in [0.5, 0.6) is 0 Å². The molecule has 88 valence electrons. The topological polar surface area (TPSA) is 35.6 Å². The van der Waals surface area contributed by atoms with E-state index < -0.39 is 13.0 Å². The number of carbonyl (C=O) groups excluding carboxylic acids is 1. The Hall–Kier alpha value is -0.750. The van der Waals surface area contributed by atoms with Gasteiger partial charge in [-0.2, -0.15) is 0 Å². The molecule has 0 saturated carbocycles. The first kappa shape index (κ1) is 12.3. The number of rotatable bonds is 4. The quantitative estimate of drug-likeness (QED) is 0.702. The number of alkyl halides is 2. The number of hydrogen-bond acceptors (Lipinski definition) is 3. The van der Waals surface area contributed by atoms with Crippen LogP contribution in [0.15, 0.2) is 0 Å². The van der Waals surface area contributed by atoms with Crippen LogP contribution in [0.4, 0.5) is 8.78 Å². The smallest absolute Gasteiger partial charge is 0.255 e. The number of piperazine rings is 1. The first-order valence-electron chi connectivity index (χ1n) is 5.05. The summed E-state index contributed by atoms with van der Waals surface area (Å²) in [6.07, 6.45) is -2.46. The van der Waals surface area contributed by atoms with Crippen LogP contribution in [0.25, 0.3) is 0 Å². The number of nitrogens with one attached hydrogen (secondary N) is 1. The van der Waals surface area contributed by atoms with Gasteiger partial charge in [-0.25, -0.2) is 8.78 Å². The fraction of sp³-hybridized carbons (Fsp3) is 0.889. The summed E-state index contributed by atoms with van der Waals surface area (Å²) < 4.78 is 24.0. The Labute approximate surface area is 88.2 Å². The zero-order valence-corrected chi connectivity index (χ0v) is 8.88. The number of hydrogen-bond donors (Lipinski definition) is 1. The van der Waals surface area contributed by atoms with Gasteiger partial charge in [0.05, 0.1) is 13.1 Å². The molecule has 1 N–H and O–H groups in total. The molecule has 0 bridgehead atoms. The largest absolute Gasteiger partial charge is 0.339 e. The highest BCUT2D eigenvalue weighted by Gasteiger charge is 2.18.